The number of aromatic nitrogens is 4. The lowest BCUT2D eigenvalue weighted by Gasteiger charge is -1.96. The van der Waals surface area contributed by atoms with Crippen molar-refractivity contribution in [2.75, 3.05) is 0 Å². The molecule has 2 aromatic rings. The molecule has 0 bridgehead atoms. The van der Waals surface area contributed by atoms with Crippen molar-refractivity contribution in [3.63, 3.8) is 0 Å². The first-order chi connectivity index (χ1) is 9.06. The van der Waals surface area contributed by atoms with Gasteiger partial charge >= 0.3 is 0 Å². The molecule has 0 radical (unpaired) electrons. The van der Waals surface area contributed by atoms with E-state index in [2.05, 4.69) is 20.4 Å². The first kappa shape index (κ1) is 13.7. The number of hydrogen-bond acceptors (Lipinski definition) is 6. The zero-order chi connectivity index (χ0) is 13.8. The van der Waals surface area contributed by atoms with Crippen LogP contribution in [0.2, 0.25) is 0 Å². The molecule has 0 saturated heterocycles. The van der Waals surface area contributed by atoms with Crippen molar-refractivity contribution in [1.82, 2.24) is 20.4 Å². The van der Waals surface area contributed by atoms with Crippen LogP contribution in [-0.2, 0) is 12.8 Å². The molecule has 0 aromatic carbocycles. The molecular formula is C13H20N4O2. The molecule has 0 aliphatic heterocycles. The maximum atomic E-state index is 5.54. The van der Waals surface area contributed by atoms with E-state index in [1.165, 1.54) is 0 Å². The molecule has 6 nitrogen and oxygen atoms in total. The summed E-state index contributed by atoms with van der Waals surface area (Å²) in [6.07, 6.45) is 2.33. The quantitative estimate of drug-likeness (QED) is 0.798. The Labute approximate surface area is 112 Å². The van der Waals surface area contributed by atoms with E-state index >= 15 is 0 Å². The summed E-state index contributed by atoms with van der Waals surface area (Å²) in [6.45, 7) is 8.12. The van der Waals surface area contributed by atoms with Gasteiger partial charge in [0.1, 0.15) is 0 Å². The SMILES string of the molecule is CC(C)c1nnc(CCCc2nnc(C(C)C)o2)o1. The highest BCUT2D eigenvalue weighted by Crippen LogP contribution is 2.15. The molecule has 0 fully saturated rings. The van der Waals surface area contributed by atoms with E-state index < -0.39 is 0 Å². The largest absolute Gasteiger partial charge is 0.425 e. The van der Waals surface area contributed by atoms with Gasteiger partial charge in [-0.05, 0) is 6.42 Å². The second-order valence-electron chi connectivity index (χ2n) is 5.23. The Balaban J connectivity index is 1.82. The van der Waals surface area contributed by atoms with Gasteiger partial charge in [0.2, 0.25) is 23.6 Å². The van der Waals surface area contributed by atoms with Crippen LogP contribution in [0.15, 0.2) is 8.83 Å². The lowest BCUT2D eigenvalue weighted by atomic mass is 10.2. The summed E-state index contributed by atoms with van der Waals surface area (Å²) in [7, 11) is 0. The maximum Gasteiger partial charge on any atom is 0.219 e. The van der Waals surface area contributed by atoms with Crippen LogP contribution in [0.3, 0.4) is 0 Å². The third kappa shape index (κ3) is 3.62. The predicted molar refractivity (Wildman–Crippen MR) is 68.8 cm³/mol. The molecule has 2 rings (SSSR count). The molecular weight excluding hydrogens is 244 g/mol. The first-order valence-corrected chi connectivity index (χ1v) is 6.70. The van der Waals surface area contributed by atoms with Gasteiger partial charge in [-0.3, -0.25) is 0 Å². The van der Waals surface area contributed by atoms with Crippen LogP contribution in [0.25, 0.3) is 0 Å². The summed E-state index contributed by atoms with van der Waals surface area (Å²) in [5.74, 6) is 3.26. The molecule has 104 valence electrons. The third-order valence-electron chi connectivity index (χ3n) is 2.73. The Hall–Kier alpha value is -1.72. The van der Waals surface area contributed by atoms with Gasteiger partial charge in [-0.2, -0.15) is 0 Å². The Morgan fingerprint density at radius 2 is 1.16 bits per heavy atom. The van der Waals surface area contributed by atoms with Crippen LogP contribution in [0.5, 0.6) is 0 Å². The van der Waals surface area contributed by atoms with Crippen molar-refractivity contribution < 1.29 is 8.83 Å². The molecule has 0 unspecified atom stereocenters. The fourth-order valence-electron chi connectivity index (χ4n) is 1.59. The van der Waals surface area contributed by atoms with Crippen molar-refractivity contribution >= 4 is 0 Å². The minimum absolute atomic E-state index is 0.269. The summed E-state index contributed by atoms with van der Waals surface area (Å²) in [5.41, 5.74) is 0. The zero-order valence-corrected chi connectivity index (χ0v) is 11.9. The van der Waals surface area contributed by atoms with Crippen molar-refractivity contribution in [3.05, 3.63) is 23.6 Å². The maximum absolute atomic E-state index is 5.54. The molecule has 2 heterocycles. The normalized spacial score (nSPS) is 11.7. The van der Waals surface area contributed by atoms with Gasteiger partial charge < -0.3 is 8.83 Å². The molecule has 0 N–H and O–H groups in total. The van der Waals surface area contributed by atoms with Crippen LogP contribution in [0.4, 0.5) is 0 Å². The number of rotatable bonds is 6. The van der Waals surface area contributed by atoms with E-state index in [1.807, 2.05) is 27.7 Å². The second-order valence-corrected chi connectivity index (χ2v) is 5.23. The lowest BCUT2D eigenvalue weighted by Crippen LogP contribution is -1.90. The Morgan fingerprint density at radius 3 is 1.47 bits per heavy atom. The molecule has 2 aromatic heterocycles. The van der Waals surface area contributed by atoms with Crippen LogP contribution < -0.4 is 0 Å². The monoisotopic (exact) mass is 264 g/mol. The van der Waals surface area contributed by atoms with E-state index in [-0.39, 0.29) is 11.8 Å². The van der Waals surface area contributed by atoms with Crippen molar-refractivity contribution in [2.45, 2.75) is 58.8 Å². The van der Waals surface area contributed by atoms with Crippen molar-refractivity contribution in [2.24, 2.45) is 0 Å². The van der Waals surface area contributed by atoms with Crippen LogP contribution >= 0.6 is 0 Å². The molecule has 0 atom stereocenters. The standard InChI is InChI=1S/C13H20N4O2/c1-8(2)12-16-14-10(18-12)6-5-7-11-15-17-13(19-11)9(3)4/h8-9H,5-7H2,1-4H3. The summed E-state index contributed by atoms with van der Waals surface area (Å²) in [6, 6.07) is 0. The summed E-state index contributed by atoms with van der Waals surface area (Å²) in [4.78, 5) is 0. The highest BCUT2D eigenvalue weighted by molar-refractivity contribution is 4.90. The Kier molecular flexibility index (Phi) is 4.29. The molecule has 0 spiro atoms. The van der Waals surface area contributed by atoms with Crippen LogP contribution in [0.1, 0.15) is 69.5 Å². The van der Waals surface area contributed by atoms with Gasteiger partial charge in [-0.15, -0.1) is 20.4 Å². The highest BCUT2D eigenvalue weighted by Gasteiger charge is 2.11. The van der Waals surface area contributed by atoms with E-state index in [9.17, 15) is 0 Å². The van der Waals surface area contributed by atoms with Gasteiger partial charge in [0.25, 0.3) is 0 Å². The van der Waals surface area contributed by atoms with E-state index in [0.717, 1.165) is 19.3 Å². The molecule has 0 amide bonds. The van der Waals surface area contributed by atoms with Crippen LogP contribution in [0, 0.1) is 0 Å². The van der Waals surface area contributed by atoms with Gasteiger partial charge in [-0.25, -0.2) is 0 Å². The number of aryl methyl sites for hydroxylation is 2. The molecule has 0 aliphatic rings. The van der Waals surface area contributed by atoms with Crippen LogP contribution in [-0.4, -0.2) is 20.4 Å². The van der Waals surface area contributed by atoms with E-state index in [1.54, 1.807) is 0 Å². The predicted octanol–water partition coefficient (Wildman–Crippen LogP) is 2.87. The van der Waals surface area contributed by atoms with Gasteiger partial charge in [-0.1, -0.05) is 27.7 Å². The first-order valence-electron chi connectivity index (χ1n) is 6.70. The molecule has 6 heteroatoms. The fourth-order valence-corrected chi connectivity index (χ4v) is 1.59. The topological polar surface area (TPSA) is 77.8 Å². The second kappa shape index (κ2) is 5.95. The highest BCUT2D eigenvalue weighted by atomic mass is 16.4. The Bertz CT molecular complexity index is 470. The number of hydrogen-bond donors (Lipinski definition) is 0. The number of nitrogens with zero attached hydrogens (tertiary/aromatic N) is 4. The van der Waals surface area contributed by atoms with Gasteiger partial charge in [0.05, 0.1) is 0 Å². The third-order valence-corrected chi connectivity index (χ3v) is 2.73. The average Bonchev–Trinajstić information content (AvgIpc) is 2.97. The van der Waals surface area contributed by atoms with Gasteiger partial charge in [0.15, 0.2) is 0 Å². The summed E-state index contributed by atoms with van der Waals surface area (Å²) in [5, 5.41) is 16.0. The lowest BCUT2D eigenvalue weighted by molar-refractivity contribution is 0.410. The minimum atomic E-state index is 0.269. The molecule has 0 saturated carbocycles. The minimum Gasteiger partial charge on any atom is -0.425 e. The smallest absolute Gasteiger partial charge is 0.219 e. The van der Waals surface area contributed by atoms with Crippen molar-refractivity contribution in [1.29, 1.82) is 0 Å². The van der Waals surface area contributed by atoms with E-state index in [0.29, 0.717) is 23.6 Å². The summed E-state index contributed by atoms with van der Waals surface area (Å²) >= 11 is 0. The van der Waals surface area contributed by atoms with Gasteiger partial charge in [0, 0.05) is 24.7 Å². The van der Waals surface area contributed by atoms with E-state index in [4.69, 9.17) is 8.83 Å². The summed E-state index contributed by atoms with van der Waals surface area (Å²) < 4.78 is 11.1. The van der Waals surface area contributed by atoms with Crippen molar-refractivity contribution in [3.8, 4) is 0 Å². The molecule has 19 heavy (non-hydrogen) atoms. The molecule has 0 aliphatic carbocycles. The fraction of sp³-hybridized carbons (Fsp3) is 0.692. The average molecular weight is 264 g/mol. The Morgan fingerprint density at radius 1 is 0.737 bits per heavy atom. The zero-order valence-electron chi connectivity index (χ0n) is 11.9.